The van der Waals surface area contributed by atoms with Gasteiger partial charge >= 0.3 is 13.7 Å². The van der Waals surface area contributed by atoms with E-state index in [1.807, 2.05) is 0 Å². The molecule has 5 rings (SSSR count). The minimum Gasteiger partial charge on any atom is -0.468 e. The van der Waals surface area contributed by atoms with Gasteiger partial charge in [-0.2, -0.15) is 5.09 Å². The van der Waals surface area contributed by atoms with Crippen molar-refractivity contribution >= 4 is 42.2 Å². The summed E-state index contributed by atoms with van der Waals surface area (Å²) in [6.07, 6.45) is 0.633. The quantitative estimate of drug-likeness (QED) is 0.214. The number of fused-ring (bicyclic) bond motifs is 1. The Hall–Kier alpha value is -2.77. The molecule has 1 aliphatic heterocycles. The van der Waals surface area contributed by atoms with E-state index >= 15 is 0 Å². The van der Waals surface area contributed by atoms with Crippen molar-refractivity contribution in [3.05, 3.63) is 47.9 Å². The van der Waals surface area contributed by atoms with E-state index in [2.05, 4.69) is 15.1 Å². The number of carbonyl (C=O) groups is 1. The van der Waals surface area contributed by atoms with Gasteiger partial charge in [0.05, 0.1) is 19.1 Å². The lowest BCUT2D eigenvalue weighted by molar-refractivity contribution is -0.151. The molecule has 1 aromatic carbocycles. The number of nitrogen functional groups attached to an aromatic ring is 1. The molecule has 39 heavy (non-hydrogen) atoms. The molecule has 13 nitrogen and oxygen atoms in total. The molecule has 5 atom stereocenters. The van der Waals surface area contributed by atoms with Crippen LogP contribution in [0.3, 0.4) is 0 Å². The average Bonchev–Trinajstić information content (AvgIpc) is 3.40. The maximum atomic E-state index is 14.0. The number of ether oxygens (including phenoxy) is 2. The standard InChI is InChI=1S/C24H29ClN5O8P/c1-23(33)18(31)17(37-21(23)30-11-8-16-19(26)27-13-28-20(16)30)12-36-39(34,38-15-6-4-14(25)5-7-15)29-24(9-3-10-24)22(32)35-2/h4-8,11,13,17-18,21,31,33H,3,9-10,12H2,1-2H3,(H,29,34)(H2,26,27,28)/t17?,18-,21?,23-,39?/m1/s1. The van der Waals surface area contributed by atoms with Crippen molar-refractivity contribution < 1.29 is 38.1 Å². The molecular weight excluding hydrogens is 553 g/mol. The molecule has 3 heterocycles. The van der Waals surface area contributed by atoms with Crippen molar-refractivity contribution in [1.29, 1.82) is 0 Å². The lowest BCUT2D eigenvalue weighted by Crippen LogP contribution is -2.57. The first kappa shape index (κ1) is 27.8. The molecule has 1 saturated heterocycles. The number of hydrogen-bond donors (Lipinski definition) is 4. The molecule has 2 aromatic heterocycles. The minimum absolute atomic E-state index is 0.170. The van der Waals surface area contributed by atoms with Gasteiger partial charge in [-0.1, -0.05) is 11.6 Å². The Kier molecular flexibility index (Phi) is 7.36. The fourth-order valence-corrected chi connectivity index (χ4v) is 6.66. The van der Waals surface area contributed by atoms with Crippen molar-refractivity contribution in [2.75, 3.05) is 19.5 Å². The van der Waals surface area contributed by atoms with Crippen molar-refractivity contribution in [1.82, 2.24) is 19.6 Å². The number of methoxy groups -OCH3 is 1. The number of aliphatic hydroxyl groups excluding tert-OH is 1. The van der Waals surface area contributed by atoms with Gasteiger partial charge in [-0.15, -0.1) is 0 Å². The number of aliphatic hydroxyl groups is 2. The summed E-state index contributed by atoms with van der Waals surface area (Å²) < 4.78 is 37.9. The number of carbonyl (C=O) groups excluding carboxylic acids is 1. The first-order chi connectivity index (χ1) is 18.5. The number of anilines is 1. The SMILES string of the molecule is COC(=O)C1(NP(=O)(OCC2OC(n3ccc4c(N)ncnc43)[C@](C)(O)[C@@H]2O)Oc2ccc(Cl)cc2)CCC1. The second-order valence-corrected chi connectivity index (χ2v) is 11.9. The number of benzene rings is 1. The van der Waals surface area contributed by atoms with Crippen molar-refractivity contribution in [2.45, 2.75) is 55.8 Å². The minimum atomic E-state index is -4.27. The Morgan fingerprint density at radius 3 is 2.67 bits per heavy atom. The summed E-state index contributed by atoms with van der Waals surface area (Å²) in [5.74, 6) is -0.180. The maximum absolute atomic E-state index is 14.0. The monoisotopic (exact) mass is 581 g/mol. The molecule has 3 aromatic rings. The van der Waals surface area contributed by atoms with E-state index in [-0.39, 0.29) is 11.6 Å². The number of halogens is 1. The third kappa shape index (κ3) is 5.11. The van der Waals surface area contributed by atoms with Crippen LogP contribution in [-0.2, 0) is 23.4 Å². The molecule has 2 aliphatic rings. The zero-order valence-corrected chi connectivity index (χ0v) is 22.8. The molecule has 0 bridgehead atoms. The fraction of sp³-hybridized carbons (Fsp3) is 0.458. The molecule has 3 unspecified atom stereocenters. The van der Waals surface area contributed by atoms with Crippen LogP contribution in [-0.4, -0.2) is 67.8 Å². The number of hydrogen-bond acceptors (Lipinski definition) is 11. The van der Waals surface area contributed by atoms with Crippen LogP contribution in [0.15, 0.2) is 42.9 Å². The second kappa shape index (κ2) is 10.3. The number of aromatic nitrogens is 3. The van der Waals surface area contributed by atoms with Gasteiger partial charge in [0.15, 0.2) is 6.23 Å². The van der Waals surface area contributed by atoms with E-state index in [0.717, 1.165) is 0 Å². The first-order valence-electron chi connectivity index (χ1n) is 12.2. The smallest absolute Gasteiger partial charge is 0.459 e. The number of nitrogens with one attached hydrogen (secondary N) is 1. The highest BCUT2D eigenvalue weighted by Crippen LogP contribution is 2.51. The molecule has 0 amide bonds. The predicted molar refractivity (Wildman–Crippen MR) is 140 cm³/mol. The molecule has 5 N–H and O–H groups in total. The van der Waals surface area contributed by atoms with Crippen LogP contribution in [0.25, 0.3) is 11.0 Å². The largest absolute Gasteiger partial charge is 0.468 e. The number of esters is 1. The lowest BCUT2D eigenvalue weighted by Gasteiger charge is -2.41. The van der Waals surface area contributed by atoms with Crippen LogP contribution in [0.4, 0.5) is 5.82 Å². The summed E-state index contributed by atoms with van der Waals surface area (Å²) in [4.78, 5) is 20.7. The summed E-state index contributed by atoms with van der Waals surface area (Å²) in [6, 6.07) is 7.76. The van der Waals surface area contributed by atoms with Crippen LogP contribution in [0.1, 0.15) is 32.4 Å². The molecule has 210 valence electrons. The Morgan fingerprint density at radius 2 is 2.03 bits per heavy atom. The van der Waals surface area contributed by atoms with Gasteiger partial charge in [-0.3, -0.25) is 9.32 Å². The number of nitrogens with zero attached hydrogens (tertiary/aromatic N) is 3. The topological polar surface area (TPSA) is 180 Å². The van der Waals surface area contributed by atoms with Gasteiger partial charge in [0.2, 0.25) is 0 Å². The van der Waals surface area contributed by atoms with Gasteiger partial charge in [-0.25, -0.2) is 14.5 Å². The van der Waals surface area contributed by atoms with Crippen LogP contribution < -0.4 is 15.3 Å². The van der Waals surface area contributed by atoms with Gasteiger partial charge in [0.1, 0.15) is 46.9 Å². The Bertz CT molecular complexity index is 1410. The third-order valence-electron chi connectivity index (χ3n) is 7.13. The summed E-state index contributed by atoms with van der Waals surface area (Å²) in [6.45, 7) is 0.945. The molecule has 0 spiro atoms. The average molecular weight is 582 g/mol. The van der Waals surface area contributed by atoms with E-state index in [1.54, 1.807) is 24.4 Å². The van der Waals surface area contributed by atoms with Crippen molar-refractivity contribution in [3.63, 3.8) is 0 Å². The van der Waals surface area contributed by atoms with Crippen LogP contribution in [0, 0.1) is 0 Å². The van der Waals surface area contributed by atoms with Gasteiger partial charge < -0.3 is 34.5 Å². The van der Waals surface area contributed by atoms with Crippen LogP contribution in [0.5, 0.6) is 5.75 Å². The molecule has 2 fully saturated rings. The van der Waals surface area contributed by atoms with Crippen molar-refractivity contribution in [2.24, 2.45) is 0 Å². The molecule has 0 radical (unpaired) electrons. The van der Waals surface area contributed by atoms with E-state index in [9.17, 15) is 19.6 Å². The first-order valence-corrected chi connectivity index (χ1v) is 14.1. The van der Waals surface area contributed by atoms with Crippen LogP contribution >= 0.6 is 19.3 Å². The highest BCUT2D eigenvalue weighted by Gasteiger charge is 2.55. The molecule has 1 aliphatic carbocycles. The fourth-order valence-electron chi connectivity index (χ4n) is 4.79. The molecule has 15 heteroatoms. The third-order valence-corrected chi connectivity index (χ3v) is 9.02. The Labute approximate surface area is 228 Å². The van der Waals surface area contributed by atoms with Crippen molar-refractivity contribution in [3.8, 4) is 5.75 Å². The summed E-state index contributed by atoms with van der Waals surface area (Å²) >= 11 is 5.95. The van der Waals surface area contributed by atoms with Gasteiger partial charge in [0, 0.05) is 11.2 Å². The van der Waals surface area contributed by atoms with E-state index < -0.39 is 49.9 Å². The Morgan fingerprint density at radius 1 is 1.31 bits per heavy atom. The zero-order chi connectivity index (χ0) is 28.0. The van der Waals surface area contributed by atoms with Gasteiger partial charge in [-0.05, 0) is 56.5 Å². The van der Waals surface area contributed by atoms with Crippen LogP contribution in [0.2, 0.25) is 5.02 Å². The lowest BCUT2D eigenvalue weighted by atomic mass is 9.78. The Balaban J connectivity index is 1.39. The summed E-state index contributed by atoms with van der Waals surface area (Å²) in [7, 11) is -3.03. The normalized spacial score (nSPS) is 27.6. The number of rotatable bonds is 9. The van der Waals surface area contributed by atoms with E-state index in [0.29, 0.717) is 35.3 Å². The maximum Gasteiger partial charge on any atom is 0.459 e. The second-order valence-electron chi connectivity index (χ2n) is 9.79. The zero-order valence-electron chi connectivity index (χ0n) is 21.2. The van der Waals surface area contributed by atoms with E-state index in [4.69, 9.17) is 35.9 Å². The number of nitrogens with two attached hydrogens (primary N) is 1. The predicted octanol–water partition coefficient (Wildman–Crippen LogP) is 2.57. The van der Waals surface area contributed by atoms with Gasteiger partial charge in [0.25, 0.3) is 0 Å². The summed E-state index contributed by atoms with van der Waals surface area (Å²) in [5, 5.41) is 25.9. The molecular formula is C24H29ClN5O8P. The van der Waals surface area contributed by atoms with E-state index in [1.165, 1.54) is 37.1 Å². The highest BCUT2D eigenvalue weighted by atomic mass is 35.5. The summed E-state index contributed by atoms with van der Waals surface area (Å²) in [5.41, 5.74) is 3.26. The molecule has 1 saturated carbocycles. The highest BCUT2D eigenvalue weighted by molar-refractivity contribution is 7.52.